The van der Waals surface area contributed by atoms with Gasteiger partial charge in [-0.15, -0.1) is 0 Å². The summed E-state index contributed by atoms with van der Waals surface area (Å²) in [5, 5.41) is 3.66. The summed E-state index contributed by atoms with van der Waals surface area (Å²) >= 11 is 0. The Morgan fingerprint density at radius 2 is 1.85 bits per heavy atom. The highest BCUT2D eigenvalue weighted by molar-refractivity contribution is 5.36. The topological polar surface area (TPSA) is 21.3 Å². The molecule has 0 aliphatic carbocycles. The molecule has 0 fully saturated rings. The third kappa shape index (κ3) is 5.16. The molecule has 0 radical (unpaired) electrons. The Kier molecular flexibility index (Phi) is 6.54. The molecule has 1 aromatic rings. The summed E-state index contributed by atoms with van der Waals surface area (Å²) in [6, 6.07) is 8.43. The van der Waals surface area contributed by atoms with Crippen molar-refractivity contribution in [3.8, 4) is 5.75 Å². The van der Waals surface area contributed by atoms with Gasteiger partial charge in [-0.1, -0.05) is 44.9 Å². The second-order valence-electron chi connectivity index (χ2n) is 6.75. The first-order chi connectivity index (χ1) is 9.39. The molecule has 0 amide bonds. The first-order valence-corrected chi connectivity index (χ1v) is 7.77. The Hall–Kier alpha value is -1.02. The third-order valence-corrected chi connectivity index (χ3v) is 3.82. The number of methoxy groups -OCH3 is 1. The minimum Gasteiger partial charge on any atom is -0.496 e. The lowest BCUT2D eigenvalue weighted by atomic mass is 9.83. The zero-order chi connectivity index (χ0) is 15.2. The largest absolute Gasteiger partial charge is 0.496 e. The number of hydrogen-bond acceptors (Lipinski definition) is 2. The fraction of sp³-hybridized carbons (Fsp3) is 0.667. The van der Waals surface area contributed by atoms with E-state index in [9.17, 15) is 0 Å². The van der Waals surface area contributed by atoms with E-state index in [-0.39, 0.29) is 5.54 Å². The van der Waals surface area contributed by atoms with Crippen LogP contribution in [0.25, 0.3) is 0 Å². The number of benzene rings is 1. The van der Waals surface area contributed by atoms with Gasteiger partial charge in [-0.2, -0.15) is 0 Å². The van der Waals surface area contributed by atoms with Crippen molar-refractivity contribution in [2.75, 3.05) is 13.7 Å². The zero-order valence-electron chi connectivity index (χ0n) is 14.0. The van der Waals surface area contributed by atoms with Gasteiger partial charge in [0.2, 0.25) is 0 Å². The molecular formula is C18H31NO. The molecule has 0 aliphatic rings. The zero-order valence-corrected chi connectivity index (χ0v) is 14.0. The van der Waals surface area contributed by atoms with E-state index in [0.717, 1.165) is 12.3 Å². The molecule has 20 heavy (non-hydrogen) atoms. The standard InChI is InChI=1S/C18H31NO/c1-7-10-14(2)16(13-19-18(3,4)5)15-11-8-9-12-17(15)20-6/h8-9,11-12,14,16,19H,7,10,13H2,1-6H3. The van der Waals surface area contributed by atoms with Crippen LogP contribution in [0, 0.1) is 5.92 Å². The molecule has 114 valence electrons. The molecule has 0 spiro atoms. The van der Waals surface area contributed by atoms with Gasteiger partial charge in [-0.05, 0) is 38.3 Å². The van der Waals surface area contributed by atoms with Crippen molar-refractivity contribution in [2.45, 2.75) is 58.9 Å². The average molecular weight is 277 g/mol. The Labute approximate surface area is 124 Å². The van der Waals surface area contributed by atoms with Gasteiger partial charge in [0.1, 0.15) is 5.75 Å². The molecule has 0 heterocycles. The third-order valence-electron chi connectivity index (χ3n) is 3.82. The van der Waals surface area contributed by atoms with Crippen molar-refractivity contribution in [1.82, 2.24) is 5.32 Å². The molecule has 0 saturated heterocycles. The van der Waals surface area contributed by atoms with Gasteiger partial charge in [-0.3, -0.25) is 0 Å². The van der Waals surface area contributed by atoms with Gasteiger partial charge in [0.25, 0.3) is 0 Å². The van der Waals surface area contributed by atoms with Crippen LogP contribution < -0.4 is 10.1 Å². The molecule has 2 nitrogen and oxygen atoms in total. The lowest BCUT2D eigenvalue weighted by Crippen LogP contribution is -2.39. The van der Waals surface area contributed by atoms with Gasteiger partial charge in [0.05, 0.1) is 7.11 Å². The van der Waals surface area contributed by atoms with Crippen LogP contribution in [0.4, 0.5) is 0 Å². The number of hydrogen-bond donors (Lipinski definition) is 1. The Balaban J connectivity index is 2.97. The summed E-state index contributed by atoms with van der Waals surface area (Å²) in [7, 11) is 1.76. The van der Waals surface area contributed by atoms with E-state index in [0.29, 0.717) is 11.8 Å². The molecule has 2 atom stereocenters. The minimum absolute atomic E-state index is 0.145. The van der Waals surface area contributed by atoms with Crippen LogP contribution in [-0.4, -0.2) is 19.2 Å². The Bertz CT molecular complexity index is 395. The molecule has 0 saturated carbocycles. The molecule has 0 aliphatic heterocycles. The molecule has 2 heteroatoms. The van der Waals surface area contributed by atoms with Crippen LogP contribution in [0.5, 0.6) is 5.75 Å². The first-order valence-electron chi connectivity index (χ1n) is 7.77. The van der Waals surface area contributed by atoms with Crippen molar-refractivity contribution in [3.63, 3.8) is 0 Å². The van der Waals surface area contributed by atoms with Crippen molar-refractivity contribution in [1.29, 1.82) is 0 Å². The second kappa shape index (κ2) is 7.68. The van der Waals surface area contributed by atoms with Gasteiger partial charge in [0, 0.05) is 18.0 Å². The summed E-state index contributed by atoms with van der Waals surface area (Å²) < 4.78 is 5.56. The predicted molar refractivity (Wildman–Crippen MR) is 87.6 cm³/mol. The van der Waals surface area contributed by atoms with Crippen LogP contribution in [0.2, 0.25) is 0 Å². The number of nitrogens with one attached hydrogen (secondary N) is 1. The summed E-state index contributed by atoms with van der Waals surface area (Å²) in [4.78, 5) is 0. The maximum absolute atomic E-state index is 5.56. The van der Waals surface area contributed by atoms with Crippen molar-refractivity contribution < 1.29 is 4.74 Å². The summed E-state index contributed by atoms with van der Waals surface area (Å²) in [5.41, 5.74) is 1.47. The van der Waals surface area contributed by atoms with E-state index >= 15 is 0 Å². The van der Waals surface area contributed by atoms with E-state index < -0.39 is 0 Å². The average Bonchev–Trinajstić information content (AvgIpc) is 2.38. The first kappa shape index (κ1) is 17.0. The van der Waals surface area contributed by atoms with Crippen molar-refractivity contribution in [3.05, 3.63) is 29.8 Å². The molecule has 1 aromatic carbocycles. The number of para-hydroxylation sites is 1. The predicted octanol–water partition coefficient (Wildman–Crippen LogP) is 4.60. The highest BCUT2D eigenvalue weighted by Gasteiger charge is 2.23. The highest BCUT2D eigenvalue weighted by atomic mass is 16.5. The van der Waals surface area contributed by atoms with E-state index in [4.69, 9.17) is 4.74 Å². The maximum Gasteiger partial charge on any atom is 0.122 e. The normalized spacial score (nSPS) is 14.9. The van der Waals surface area contributed by atoms with Gasteiger partial charge in [0.15, 0.2) is 0 Å². The lowest BCUT2D eigenvalue weighted by Gasteiger charge is -2.30. The van der Waals surface area contributed by atoms with Crippen LogP contribution in [0.3, 0.4) is 0 Å². The lowest BCUT2D eigenvalue weighted by molar-refractivity contribution is 0.336. The second-order valence-corrected chi connectivity index (χ2v) is 6.75. The molecule has 2 unspecified atom stereocenters. The van der Waals surface area contributed by atoms with Crippen LogP contribution in [0.1, 0.15) is 58.9 Å². The smallest absolute Gasteiger partial charge is 0.122 e. The quantitative estimate of drug-likeness (QED) is 0.786. The Morgan fingerprint density at radius 3 is 2.40 bits per heavy atom. The monoisotopic (exact) mass is 277 g/mol. The SMILES string of the molecule is CCCC(C)C(CNC(C)(C)C)c1ccccc1OC. The van der Waals surface area contributed by atoms with Gasteiger partial charge in [-0.25, -0.2) is 0 Å². The summed E-state index contributed by atoms with van der Waals surface area (Å²) in [5.74, 6) is 2.15. The van der Waals surface area contributed by atoms with Crippen molar-refractivity contribution in [2.24, 2.45) is 5.92 Å². The minimum atomic E-state index is 0.145. The molecular weight excluding hydrogens is 246 g/mol. The maximum atomic E-state index is 5.56. The van der Waals surface area contributed by atoms with Crippen LogP contribution in [0.15, 0.2) is 24.3 Å². The van der Waals surface area contributed by atoms with E-state index in [1.807, 2.05) is 6.07 Å². The van der Waals surface area contributed by atoms with Crippen LogP contribution >= 0.6 is 0 Å². The van der Waals surface area contributed by atoms with Crippen molar-refractivity contribution >= 4 is 0 Å². The summed E-state index contributed by atoms with van der Waals surface area (Å²) in [6.07, 6.45) is 2.47. The van der Waals surface area contributed by atoms with Gasteiger partial charge < -0.3 is 10.1 Å². The number of ether oxygens (including phenoxy) is 1. The fourth-order valence-corrected chi connectivity index (χ4v) is 2.66. The fourth-order valence-electron chi connectivity index (χ4n) is 2.66. The van der Waals surface area contributed by atoms with Crippen LogP contribution in [-0.2, 0) is 0 Å². The van der Waals surface area contributed by atoms with E-state index in [1.165, 1.54) is 18.4 Å². The van der Waals surface area contributed by atoms with E-state index in [1.54, 1.807) is 7.11 Å². The molecule has 0 aromatic heterocycles. The Morgan fingerprint density at radius 1 is 1.20 bits per heavy atom. The number of rotatable bonds is 7. The molecule has 1 N–H and O–H groups in total. The van der Waals surface area contributed by atoms with E-state index in [2.05, 4.69) is 58.1 Å². The van der Waals surface area contributed by atoms with Gasteiger partial charge >= 0.3 is 0 Å². The molecule has 1 rings (SSSR count). The molecule has 0 bridgehead atoms. The highest BCUT2D eigenvalue weighted by Crippen LogP contribution is 2.33. The summed E-state index contributed by atoms with van der Waals surface area (Å²) in [6.45, 7) is 12.3.